The van der Waals surface area contributed by atoms with E-state index in [4.69, 9.17) is 8.83 Å². The van der Waals surface area contributed by atoms with Crippen LogP contribution >= 0.6 is 0 Å². The Labute approximate surface area is 179 Å². The van der Waals surface area contributed by atoms with Crippen LogP contribution in [0.1, 0.15) is 41.8 Å². The predicted molar refractivity (Wildman–Crippen MR) is 117 cm³/mol. The third-order valence-electron chi connectivity index (χ3n) is 4.81. The SMILES string of the molecule is CC(C)c1nc2cc(NC(=O)C(Cc3ccccc3)NC(=O)c3ccco3)ccc2o1. The van der Waals surface area contributed by atoms with Crippen molar-refractivity contribution in [2.45, 2.75) is 32.2 Å². The average Bonchev–Trinajstić information content (AvgIpc) is 3.44. The predicted octanol–water partition coefficient (Wildman–Crippen LogP) is 4.52. The molecule has 31 heavy (non-hydrogen) atoms. The number of fused-ring (bicyclic) bond motifs is 1. The lowest BCUT2D eigenvalue weighted by Crippen LogP contribution is -2.45. The van der Waals surface area contributed by atoms with Gasteiger partial charge in [-0.2, -0.15) is 0 Å². The molecule has 7 heteroatoms. The first-order valence-corrected chi connectivity index (χ1v) is 10.1. The molecule has 0 saturated heterocycles. The Bertz CT molecular complexity index is 1180. The fourth-order valence-corrected chi connectivity index (χ4v) is 3.20. The molecule has 1 unspecified atom stereocenters. The first-order chi connectivity index (χ1) is 15.0. The van der Waals surface area contributed by atoms with Crippen LogP contribution in [0, 0.1) is 0 Å². The van der Waals surface area contributed by atoms with Crippen LogP contribution in [-0.2, 0) is 11.2 Å². The van der Waals surface area contributed by atoms with E-state index in [1.165, 1.54) is 6.26 Å². The minimum absolute atomic E-state index is 0.149. The third-order valence-corrected chi connectivity index (χ3v) is 4.81. The molecule has 0 saturated carbocycles. The highest BCUT2D eigenvalue weighted by atomic mass is 16.3. The molecule has 4 aromatic rings. The van der Waals surface area contributed by atoms with E-state index < -0.39 is 11.9 Å². The Hall–Kier alpha value is -3.87. The fraction of sp³-hybridized carbons (Fsp3) is 0.208. The maximum Gasteiger partial charge on any atom is 0.287 e. The van der Waals surface area contributed by atoms with E-state index in [0.717, 1.165) is 5.56 Å². The lowest BCUT2D eigenvalue weighted by Gasteiger charge is -2.18. The molecule has 0 aliphatic carbocycles. The molecule has 158 valence electrons. The molecule has 0 fully saturated rings. The van der Waals surface area contributed by atoms with Crippen molar-refractivity contribution in [2.75, 3.05) is 5.32 Å². The Morgan fingerprint density at radius 1 is 1.03 bits per heavy atom. The summed E-state index contributed by atoms with van der Waals surface area (Å²) in [5.41, 5.74) is 2.83. The summed E-state index contributed by atoms with van der Waals surface area (Å²) in [6, 6.07) is 17.2. The number of amides is 2. The van der Waals surface area contributed by atoms with Crippen LogP contribution in [0.4, 0.5) is 5.69 Å². The molecule has 0 spiro atoms. The number of carbonyl (C=O) groups is 2. The second-order valence-corrected chi connectivity index (χ2v) is 7.57. The van der Waals surface area contributed by atoms with E-state index in [9.17, 15) is 9.59 Å². The molecule has 2 heterocycles. The summed E-state index contributed by atoms with van der Waals surface area (Å²) < 4.78 is 10.9. The topological polar surface area (TPSA) is 97.4 Å². The van der Waals surface area contributed by atoms with Gasteiger partial charge in [-0.1, -0.05) is 44.2 Å². The Morgan fingerprint density at radius 2 is 1.84 bits per heavy atom. The zero-order chi connectivity index (χ0) is 21.8. The van der Waals surface area contributed by atoms with Crippen LogP contribution in [0.15, 0.2) is 75.8 Å². The van der Waals surface area contributed by atoms with Gasteiger partial charge in [0.1, 0.15) is 11.6 Å². The van der Waals surface area contributed by atoms with Crippen LogP contribution in [0.25, 0.3) is 11.1 Å². The van der Waals surface area contributed by atoms with Gasteiger partial charge in [0, 0.05) is 18.0 Å². The van der Waals surface area contributed by atoms with Crippen LogP contribution < -0.4 is 10.6 Å². The number of hydrogen-bond donors (Lipinski definition) is 2. The van der Waals surface area contributed by atoms with E-state index in [1.54, 1.807) is 30.3 Å². The van der Waals surface area contributed by atoms with Crippen molar-refractivity contribution in [3.8, 4) is 0 Å². The van der Waals surface area contributed by atoms with Crippen LogP contribution in [-0.4, -0.2) is 22.8 Å². The van der Waals surface area contributed by atoms with Crippen molar-refractivity contribution < 1.29 is 18.4 Å². The number of hydrogen-bond acceptors (Lipinski definition) is 5. The highest BCUT2D eigenvalue weighted by Gasteiger charge is 2.23. The maximum absolute atomic E-state index is 13.1. The van der Waals surface area contributed by atoms with Crippen molar-refractivity contribution in [3.05, 3.63) is 84.1 Å². The highest BCUT2D eigenvalue weighted by molar-refractivity contribution is 6.01. The van der Waals surface area contributed by atoms with Gasteiger partial charge in [-0.15, -0.1) is 0 Å². The Morgan fingerprint density at radius 3 is 2.55 bits per heavy atom. The molecule has 4 rings (SSSR count). The van der Waals surface area contributed by atoms with Crippen LogP contribution in [0.5, 0.6) is 0 Å². The number of nitrogens with one attached hydrogen (secondary N) is 2. The molecule has 1 atom stereocenters. The average molecular weight is 417 g/mol. The number of anilines is 1. The molecule has 2 aromatic carbocycles. The van der Waals surface area contributed by atoms with Crippen LogP contribution in [0.2, 0.25) is 0 Å². The Kier molecular flexibility index (Phi) is 5.84. The molecule has 2 amide bonds. The van der Waals surface area contributed by atoms with Crippen molar-refractivity contribution in [1.29, 1.82) is 0 Å². The quantitative estimate of drug-likeness (QED) is 0.461. The molecule has 0 aliphatic rings. The minimum Gasteiger partial charge on any atom is -0.459 e. The van der Waals surface area contributed by atoms with Gasteiger partial charge in [0.2, 0.25) is 5.91 Å². The molecule has 0 radical (unpaired) electrons. The summed E-state index contributed by atoms with van der Waals surface area (Å²) in [4.78, 5) is 30.0. The summed E-state index contributed by atoms with van der Waals surface area (Å²) in [5, 5.41) is 5.64. The van der Waals surface area contributed by atoms with Gasteiger partial charge < -0.3 is 19.5 Å². The fourth-order valence-electron chi connectivity index (χ4n) is 3.20. The van der Waals surface area contributed by atoms with Crippen molar-refractivity contribution >= 4 is 28.6 Å². The summed E-state index contributed by atoms with van der Waals surface area (Å²) in [6.07, 6.45) is 1.75. The van der Waals surface area contributed by atoms with E-state index in [0.29, 0.717) is 29.1 Å². The monoisotopic (exact) mass is 417 g/mol. The van der Waals surface area contributed by atoms with Gasteiger partial charge in [-0.25, -0.2) is 4.98 Å². The summed E-state index contributed by atoms with van der Waals surface area (Å²) in [5.74, 6) is 0.171. The zero-order valence-corrected chi connectivity index (χ0v) is 17.3. The number of aromatic nitrogens is 1. The van der Waals surface area contributed by atoms with Gasteiger partial charge in [-0.05, 0) is 35.9 Å². The molecule has 0 aliphatic heterocycles. The van der Waals surface area contributed by atoms with E-state index in [-0.39, 0.29) is 17.6 Å². The van der Waals surface area contributed by atoms with E-state index in [1.807, 2.05) is 44.2 Å². The van der Waals surface area contributed by atoms with Crippen molar-refractivity contribution in [1.82, 2.24) is 10.3 Å². The number of furan rings is 1. The number of carbonyl (C=O) groups excluding carboxylic acids is 2. The first-order valence-electron chi connectivity index (χ1n) is 10.1. The van der Waals surface area contributed by atoms with Gasteiger partial charge in [0.05, 0.1) is 6.26 Å². The lowest BCUT2D eigenvalue weighted by molar-refractivity contribution is -0.118. The molecule has 0 bridgehead atoms. The summed E-state index contributed by atoms with van der Waals surface area (Å²) >= 11 is 0. The molecular formula is C24H23N3O4. The van der Waals surface area contributed by atoms with Gasteiger partial charge in [0.15, 0.2) is 17.2 Å². The van der Waals surface area contributed by atoms with Crippen molar-refractivity contribution in [2.24, 2.45) is 0 Å². The first kappa shape index (κ1) is 20.4. The largest absolute Gasteiger partial charge is 0.459 e. The molecule has 7 nitrogen and oxygen atoms in total. The second kappa shape index (κ2) is 8.87. The summed E-state index contributed by atoms with van der Waals surface area (Å²) in [6.45, 7) is 4.01. The summed E-state index contributed by atoms with van der Waals surface area (Å²) in [7, 11) is 0. The molecular weight excluding hydrogens is 394 g/mol. The minimum atomic E-state index is -0.792. The number of nitrogens with zero attached hydrogens (tertiary/aromatic N) is 1. The normalized spacial score (nSPS) is 12.1. The van der Waals surface area contributed by atoms with E-state index >= 15 is 0 Å². The maximum atomic E-state index is 13.1. The van der Waals surface area contributed by atoms with Crippen molar-refractivity contribution in [3.63, 3.8) is 0 Å². The number of benzene rings is 2. The second-order valence-electron chi connectivity index (χ2n) is 7.57. The smallest absolute Gasteiger partial charge is 0.287 e. The highest BCUT2D eigenvalue weighted by Crippen LogP contribution is 2.24. The van der Waals surface area contributed by atoms with Gasteiger partial charge in [0.25, 0.3) is 5.91 Å². The Balaban J connectivity index is 1.54. The third kappa shape index (κ3) is 4.83. The van der Waals surface area contributed by atoms with E-state index in [2.05, 4.69) is 15.6 Å². The molecule has 2 N–H and O–H groups in total. The van der Waals surface area contributed by atoms with Gasteiger partial charge >= 0.3 is 0 Å². The van der Waals surface area contributed by atoms with Crippen LogP contribution in [0.3, 0.4) is 0 Å². The zero-order valence-electron chi connectivity index (χ0n) is 17.3. The number of rotatable bonds is 7. The lowest BCUT2D eigenvalue weighted by atomic mass is 10.0. The molecule has 2 aromatic heterocycles. The number of oxazole rings is 1. The standard InChI is InChI=1S/C24H23N3O4/c1-15(2)24-27-18-14-17(10-11-20(18)31-24)25-22(28)19(13-16-7-4-3-5-8-16)26-23(29)21-9-6-12-30-21/h3-12,14-15,19H,13H2,1-2H3,(H,25,28)(H,26,29). The van der Waals surface area contributed by atoms with Gasteiger partial charge in [-0.3, -0.25) is 9.59 Å².